The van der Waals surface area contributed by atoms with Crippen LogP contribution in [0.4, 0.5) is 0 Å². The fourth-order valence-electron chi connectivity index (χ4n) is 5.41. The van der Waals surface area contributed by atoms with Crippen molar-refractivity contribution in [1.82, 2.24) is 29.4 Å². The lowest BCUT2D eigenvalue weighted by Crippen LogP contribution is -2.15. The zero-order chi connectivity index (χ0) is 26.1. The highest BCUT2D eigenvalue weighted by molar-refractivity contribution is 5.93. The second-order valence-electron chi connectivity index (χ2n) is 9.45. The number of phenols is 1. The third-order valence-electron chi connectivity index (χ3n) is 7.19. The van der Waals surface area contributed by atoms with Crippen molar-refractivity contribution < 1.29 is 14.3 Å². The SMILES string of the molecule is Cc1nn(-c2ccccc2)c2c1C(c1ccco1)c1c(ncn3nc(-c4ccc5ccccc5c4O)nc13)O2. The third-order valence-corrected chi connectivity index (χ3v) is 7.19. The number of para-hydroxylation sites is 1. The zero-order valence-electron chi connectivity index (χ0n) is 20.7. The van der Waals surface area contributed by atoms with Gasteiger partial charge in [-0.25, -0.2) is 19.2 Å². The Morgan fingerprint density at radius 3 is 2.56 bits per heavy atom. The Labute approximate surface area is 221 Å². The molecule has 0 saturated heterocycles. The van der Waals surface area contributed by atoms with Gasteiger partial charge in [0, 0.05) is 5.39 Å². The van der Waals surface area contributed by atoms with E-state index in [1.165, 1.54) is 0 Å². The topological polar surface area (TPSA) is 104 Å². The van der Waals surface area contributed by atoms with E-state index in [0.717, 1.165) is 33.3 Å². The van der Waals surface area contributed by atoms with Crippen LogP contribution in [0, 0.1) is 6.92 Å². The summed E-state index contributed by atoms with van der Waals surface area (Å²) in [6, 6.07) is 25.1. The number of ether oxygens (including phenoxy) is 1. The number of rotatable bonds is 3. The highest BCUT2D eigenvalue weighted by atomic mass is 16.5. The van der Waals surface area contributed by atoms with Crippen molar-refractivity contribution in [2.24, 2.45) is 0 Å². The Balaban J connectivity index is 1.36. The fraction of sp³-hybridized carbons (Fsp3) is 0.0667. The van der Waals surface area contributed by atoms with Crippen LogP contribution in [0.5, 0.6) is 17.5 Å². The van der Waals surface area contributed by atoms with Gasteiger partial charge in [0.25, 0.3) is 0 Å². The molecular formula is C30H20N6O3. The molecule has 188 valence electrons. The quantitative estimate of drug-likeness (QED) is 0.309. The number of fused-ring (bicyclic) bond motifs is 5. The molecule has 1 aliphatic rings. The Morgan fingerprint density at radius 1 is 0.872 bits per heavy atom. The molecule has 5 heterocycles. The molecule has 39 heavy (non-hydrogen) atoms. The van der Waals surface area contributed by atoms with Crippen LogP contribution in [0.15, 0.2) is 95.9 Å². The maximum absolute atomic E-state index is 11.1. The van der Waals surface area contributed by atoms with Gasteiger partial charge in [0.1, 0.15) is 17.8 Å². The van der Waals surface area contributed by atoms with Gasteiger partial charge >= 0.3 is 0 Å². The molecule has 0 bridgehead atoms. The van der Waals surface area contributed by atoms with E-state index in [-0.39, 0.29) is 11.7 Å². The fourth-order valence-corrected chi connectivity index (χ4v) is 5.41. The van der Waals surface area contributed by atoms with Crippen LogP contribution >= 0.6 is 0 Å². The van der Waals surface area contributed by atoms with Crippen LogP contribution in [0.25, 0.3) is 33.5 Å². The lowest BCUT2D eigenvalue weighted by atomic mass is 9.88. The first-order valence-corrected chi connectivity index (χ1v) is 12.5. The van der Waals surface area contributed by atoms with Crippen molar-refractivity contribution in [3.63, 3.8) is 0 Å². The standard InChI is InChI=1S/C30H20N6O3/c1-17-23-24(22-12-7-15-38-22)25-28-32-27(21-14-13-18-8-5-6-11-20(18)26(21)37)34-35(28)16-31-29(25)39-30(23)36(33-17)19-9-3-2-4-10-19/h2-16,24,37H,1H3. The van der Waals surface area contributed by atoms with Crippen molar-refractivity contribution in [2.45, 2.75) is 12.8 Å². The summed E-state index contributed by atoms with van der Waals surface area (Å²) in [5, 5.41) is 22.3. The predicted molar refractivity (Wildman–Crippen MR) is 143 cm³/mol. The average Bonchev–Trinajstić information content (AvgIpc) is 3.72. The molecule has 8 rings (SSSR count). The first-order chi connectivity index (χ1) is 19.2. The van der Waals surface area contributed by atoms with E-state index >= 15 is 0 Å². The van der Waals surface area contributed by atoms with Gasteiger partial charge in [0.15, 0.2) is 11.5 Å². The number of aromatic hydroxyl groups is 1. The summed E-state index contributed by atoms with van der Waals surface area (Å²) in [5.41, 5.74) is 4.35. The number of furan rings is 1. The van der Waals surface area contributed by atoms with Gasteiger partial charge in [0.05, 0.1) is 40.3 Å². The molecule has 0 saturated carbocycles. The number of nitrogens with zero attached hydrogens (tertiary/aromatic N) is 6. The highest BCUT2D eigenvalue weighted by Gasteiger charge is 2.39. The van der Waals surface area contributed by atoms with Crippen LogP contribution in [-0.2, 0) is 0 Å². The normalized spacial score (nSPS) is 14.3. The molecule has 1 atom stereocenters. The van der Waals surface area contributed by atoms with Crippen molar-refractivity contribution >= 4 is 16.4 Å². The van der Waals surface area contributed by atoms with Gasteiger partial charge in [-0.1, -0.05) is 48.5 Å². The Morgan fingerprint density at radius 2 is 1.72 bits per heavy atom. The third kappa shape index (κ3) is 3.13. The van der Waals surface area contributed by atoms with Crippen LogP contribution in [-0.4, -0.2) is 34.5 Å². The summed E-state index contributed by atoms with van der Waals surface area (Å²) < 4.78 is 15.8. The van der Waals surface area contributed by atoms with E-state index in [9.17, 15) is 5.11 Å². The molecule has 9 heteroatoms. The minimum absolute atomic E-state index is 0.131. The summed E-state index contributed by atoms with van der Waals surface area (Å²) >= 11 is 0. The zero-order valence-corrected chi connectivity index (χ0v) is 20.7. The minimum atomic E-state index is -0.380. The molecule has 7 aromatic rings. The Kier molecular flexibility index (Phi) is 4.45. The summed E-state index contributed by atoms with van der Waals surface area (Å²) in [7, 11) is 0. The van der Waals surface area contributed by atoms with Gasteiger partial charge in [0.2, 0.25) is 11.8 Å². The largest absolute Gasteiger partial charge is 0.507 e. The molecule has 9 nitrogen and oxygen atoms in total. The number of hydrogen-bond acceptors (Lipinski definition) is 7. The van der Waals surface area contributed by atoms with Gasteiger partial charge in [-0.05, 0) is 42.6 Å². The van der Waals surface area contributed by atoms with Gasteiger partial charge in [-0.3, -0.25) is 0 Å². The smallest absolute Gasteiger partial charge is 0.230 e. The van der Waals surface area contributed by atoms with E-state index in [1.807, 2.05) is 85.8 Å². The van der Waals surface area contributed by atoms with Crippen molar-refractivity contribution in [3.05, 3.63) is 114 Å². The maximum Gasteiger partial charge on any atom is 0.230 e. The molecular weight excluding hydrogens is 492 g/mol. The van der Waals surface area contributed by atoms with Gasteiger partial charge in [-0.2, -0.15) is 5.10 Å². The summed E-state index contributed by atoms with van der Waals surface area (Å²) in [4.78, 5) is 9.52. The number of aromatic nitrogens is 6. The molecule has 0 fully saturated rings. The first kappa shape index (κ1) is 21.6. The second kappa shape index (κ2) is 8.03. The minimum Gasteiger partial charge on any atom is -0.507 e. The Hall–Kier alpha value is -5.44. The maximum atomic E-state index is 11.1. The molecule has 1 unspecified atom stereocenters. The number of hydrogen-bond donors (Lipinski definition) is 1. The number of benzene rings is 3. The van der Waals surface area contributed by atoms with Crippen LogP contribution < -0.4 is 4.74 Å². The number of aryl methyl sites for hydroxylation is 1. The van der Waals surface area contributed by atoms with Crippen LogP contribution in [0.1, 0.15) is 28.5 Å². The lowest BCUT2D eigenvalue weighted by molar-refractivity contribution is 0.392. The van der Waals surface area contributed by atoms with Gasteiger partial charge < -0.3 is 14.3 Å². The lowest BCUT2D eigenvalue weighted by Gasteiger charge is -2.24. The van der Waals surface area contributed by atoms with Crippen molar-refractivity contribution in [1.29, 1.82) is 0 Å². The van der Waals surface area contributed by atoms with Crippen molar-refractivity contribution in [2.75, 3.05) is 0 Å². The molecule has 4 aromatic heterocycles. The molecule has 3 aromatic carbocycles. The molecule has 1 aliphatic heterocycles. The van der Waals surface area contributed by atoms with E-state index < -0.39 is 0 Å². The summed E-state index contributed by atoms with van der Waals surface area (Å²) in [6.07, 6.45) is 3.22. The summed E-state index contributed by atoms with van der Waals surface area (Å²) in [5.74, 6) is 1.83. The molecule has 0 aliphatic carbocycles. The van der Waals surface area contributed by atoms with E-state index in [2.05, 4.69) is 10.1 Å². The molecule has 0 radical (unpaired) electrons. The van der Waals surface area contributed by atoms with Crippen molar-refractivity contribution in [3.8, 4) is 34.6 Å². The average molecular weight is 513 g/mol. The molecule has 0 amide bonds. The van der Waals surface area contributed by atoms with E-state index in [1.54, 1.807) is 21.8 Å². The van der Waals surface area contributed by atoms with Crippen LogP contribution in [0.2, 0.25) is 0 Å². The summed E-state index contributed by atoms with van der Waals surface area (Å²) in [6.45, 7) is 1.96. The Bertz CT molecular complexity index is 2030. The monoisotopic (exact) mass is 512 g/mol. The molecule has 1 N–H and O–H groups in total. The predicted octanol–water partition coefficient (Wildman–Crippen LogP) is 6.02. The highest BCUT2D eigenvalue weighted by Crippen LogP contribution is 2.50. The first-order valence-electron chi connectivity index (χ1n) is 12.5. The van der Waals surface area contributed by atoms with E-state index in [4.69, 9.17) is 19.2 Å². The molecule has 0 spiro atoms. The van der Waals surface area contributed by atoms with E-state index in [0.29, 0.717) is 34.6 Å². The van der Waals surface area contributed by atoms with Gasteiger partial charge in [-0.15, -0.1) is 5.10 Å². The number of phenolic OH excluding ortho intramolecular Hbond substituents is 1. The second-order valence-corrected chi connectivity index (χ2v) is 9.45. The van der Waals surface area contributed by atoms with Crippen LogP contribution in [0.3, 0.4) is 0 Å².